The van der Waals surface area contributed by atoms with Crippen molar-refractivity contribution in [3.63, 3.8) is 0 Å². The SMILES string of the molecule is C=C1CN(Cc2ccccc2)CC2CCN1C2. The molecule has 17 heavy (non-hydrogen) atoms. The molecule has 0 spiro atoms. The van der Waals surface area contributed by atoms with E-state index in [1.54, 1.807) is 0 Å². The zero-order chi connectivity index (χ0) is 11.7. The summed E-state index contributed by atoms with van der Waals surface area (Å²) in [6.07, 6.45) is 1.34. The van der Waals surface area contributed by atoms with Gasteiger partial charge in [0.25, 0.3) is 0 Å². The molecule has 1 unspecified atom stereocenters. The lowest BCUT2D eigenvalue weighted by atomic mass is 10.1. The van der Waals surface area contributed by atoms with Crippen LogP contribution in [0.5, 0.6) is 0 Å². The van der Waals surface area contributed by atoms with Crippen molar-refractivity contribution in [2.24, 2.45) is 5.92 Å². The lowest BCUT2D eigenvalue weighted by Crippen LogP contribution is -2.31. The van der Waals surface area contributed by atoms with Gasteiger partial charge in [0, 0.05) is 38.4 Å². The van der Waals surface area contributed by atoms with Gasteiger partial charge in [0.15, 0.2) is 0 Å². The zero-order valence-electron chi connectivity index (χ0n) is 10.3. The van der Waals surface area contributed by atoms with Crippen LogP contribution in [0.3, 0.4) is 0 Å². The summed E-state index contributed by atoms with van der Waals surface area (Å²) in [6.45, 7) is 10.00. The highest BCUT2D eigenvalue weighted by Gasteiger charge is 2.29. The van der Waals surface area contributed by atoms with E-state index in [2.05, 4.69) is 46.7 Å². The highest BCUT2D eigenvalue weighted by atomic mass is 15.2. The average molecular weight is 228 g/mol. The number of fused-ring (bicyclic) bond motifs is 2. The van der Waals surface area contributed by atoms with Crippen LogP contribution >= 0.6 is 0 Å². The molecule has 2 aliphatic rings. The van der Waals surface area contributed by atoms with Gasteiger partial charge in [0.2, 0.25) is 0 Å². The van der Waals surface area contributed by atoms with E-state index in [1.807, 2.05) is 0 Å². The largest absolute Gasteiger partial charge is 0.374 e. The van der Waals surface area contributed by atoms with Crippen LogP contribution in [0, 0.1) is 5.92 Å². The predicted molar refractivity (Wildman–Crippen MR) is 70.5 cm³/mol. The summed E-state index contributed by atoms with van der Waals surface area (Å²) in [6, 6.07) is 10.8. The van der Waals surface area contributed by atoms with E-state index in [1.165, 1.54) is 37.3 Å². The monoisotopic (exact) mass is 228 g/mol. The van der Waals surface area contributed by atoms with Gasteiger partial charge in [-0.2, -0.15) is 0 Å². The summed E-state index contributed by atoms with van der Waals surface area (Å²) < 4.78 is 0. The summed E-state index contributed by atoms with van der Waals surface area (Å²) in [5.41, 5.74) is 2.72. The lowest BCUT2D eigenvalue weighted by molar-refractivity contribution is 0.250. The van der Waals surface area contributed by atoms with Gasteiger partial charge in [-0.1, -0.05) is 36.9 Å². The van der Waals surface area contributed by atoms with Crippen LogP contribution in [-0.4, -0.2) is 36.0 Å². The van der Waals surface area contributed by atoms with E-state index in [9.17, 15) is 0 Å². The van der Waals surface area contributed by atoms with Crippen molar-refractivity contribution < 1.29 is 0 Å². The van der Waals surface area contributed by atoms with Gasteiger partial charge in [-0.3, -0.25) is 4.90 Å². The zero-order valence-corrected chi connectivity index (χ0v) is 10.3. The van der Waals surface area contributed by atoms with Crippen LogP contribution in [0.1, 0.15) is 12.0 Å². The molecule has 0 saturated carbocycles. The molecule has 0 aromatic heterocycles. The van der Waals surface area contributed by atoms with Crippen molar-refractivity contribution in [1.82, 2.24) is 9.80 Å². The number of hydrogen-bond acceptors (Lipinski definition) is 2. The summed E-state index contributed by atoms with van der Waals surface area (Å²) in [4.78, 5) is 5.01. The molecule has 3 rings (SSSR count). The van der Waals surface area contributed by atoms with Crippen molar-refractivity contribution in [2.75, 3.05) is 26.2 Å². The van der Waals surface area contributed by atoms with E-state index in [-0.39, 0.29) is 0 Å². The maximum absolute atomic E-state index is 4.23. The fraction of sp³-hybridized carbons (Fsp3) is 0.467. The van der Waals surface area contributed by atoms with Gasteiger partial charge in [-0.15, -0.1) is 0 Å². The van der Waals surface area contributed by atoms with Gasteiger partial charge in [-0.05, 0) is 17.9 Å². The Bertz CT molecular complexity index is 399. The van der Waals surface area contributed by atoms with E-state index < -0.39 is 0 Å². The molecule has 0 radical (unpaired) electrons. The first-order valence-electron chi connectivity index (χ1n) is 6.50. The minimum atomic E-state index is 0.845. The molecular formula is C15H20N2. The first kappa shape index (κ1) is 10.8. The molecular weight excluding hydrogens is 208 g/mol. The van der Waals surface area contributed by atoms with Crippen molar-refractivity contribution in [2.45, 2.75) is 13.0 Å². The van der Waals surface area contributed by atoms with Crippen LogP contribution in [0.2, 0.25) is 0 Å². The molecule has 0 amide bonds. The summed E-state index contributed by atoms with van der Waals surface area (Å²) in [5, 5.41) is 0. The van der Waals surface area contributed by atoms with Gasteiger partial charge in [0.1, 0.15) is 0 Å². The summed E-state index contributed by atoms with van der Waals surface area (Å²) in [7, 11) is 0. The molecule has 2 saturated heterocycles. The second kappa shape index (κ2) is 4.53. The van der Waals surface area contributed by atoms with E-state index in [4.69, 9.17) is 0 Å². The minimum absolute atomic E-state index is 0.845. The van der Waals surface area contributed by atoms with Crippen LogP contribution in [0.4, 0.5) is 0 Å². The van der Waals surface area contributed by atoms with Crippen molar-refractivity contribution >= 4 is 0 Å². The quantitative estimate of drug-likeness (QED) is 0.766. The lowest BCUT2D eigenvalue weighted by Gasteiger charge is -2.26. The van der Waals surface area contributed by atoms with Crippen LogP contribution in [0.15, 0.2) is 42.6 Å². The van der Waals surface area contributed by atoms with Gasteiger partial charge in [0.05, 0.1) is 0 Å². The Morgan fingerprint density at radius 1 is 1.18 bits per heavy atom. The van der Waals surface area contributed by atoms with Gasteiger partial charge in [-0.25, -0.2) is 0 Å². The molecule has 2 heterocycles. The molecule has 0 N–H and O–H groups in total. The molecule has 1 aromatic carbocycles. The van der Waals surface area contributed by atoms with Gasteiger partial charge >= 0.3 is 0 Å². The molecule has 0 aliphatic carbocycles. The Labute approximate surface area is 104 Å². The molecule has 2 aliphatic heterocycles. The molecule has 1 atom stereocenters. The minimum Gasteiger partial charge on any atom is -0.374 e. The Morgan fingerprint density at radius 2 is 2.00 bits per heavy atom. The first-order valence-corrected chi connectivity index (χ1v) is 6.50. The molecule has 2 heteroatoms. The van der Waals surface area contributed by atoms with Crippen LogP contribution in [0.25, 0.3) is 0 Å². The fourth-order valence-corrected chi connectivity index (χ4v) is 3.02. The number of hydrogen-bond donors (Lipinski definition) is 0. The molecule has 2 nitrogen and oxygen atoms in total. The fourth-order valence-electron chi connectivity index (χ4n) is 3.02. The third-order valence-electron chi connectivity index (χ3n) is 3.90. The van der Waals surface area contributed by atoms with E-state index in [0.717, 1.165) is 19.0 Å². The topological polar surface area (TPSA) is 6.48 Å². The highest BCUT2D eigenvalue weighted by Crippen LogP contribution is 2.26. The molecule has 1 aromatic rings. The summed E-state index contributed by atoms with van der Waals surface area (Å²) in [5.74, 6) is 0.845. The van der Waals surface area contributed by atoms with Crippen molar-refractivity contribution in [3.05, 3.63) is 48.2 Å². The maximum atomic E-state index is 4.23. The normalized spacial score (nSPS) is 25.1. The number of nitrogens with zero attached hydrogens (tertiary/aromatic N) is 2. The van der Waals surface area contributed by atoms with Crippen molar-refractivity contribution in [3.8, 4) is 0 Å². The third-order valence-corrected chi connectivity index (χ3v) is 3.90. The Kier molecular flexibility index (Phi) is 2.89. The standard InChI is InChI=1S/C15H20N2/c1-13-9-16(10-14-5-3-2-4-6-14)11-15-7-8-17(13)12-15/h2-6,15H,1,7-12H2. The van der Waals surface area contributed by atoms with E-state index in [0.29, 0.717) is 0 Å². The molecule has 90 valence electrons. The van der Waals surface area contributed by atoms with Crippen LogP contribution < -0.4 is 0 Å². The van der Waals surface area contributed by atoms with Gasteiger partial charge < -0.3 is 4.90 Å². The third kappa shape index (κ3) is 2.37. The Hall–Kier alpha value is -1.28. The number of benzene rings is 1. The van der Waals surface area contributed by atoms with E-state index >= 15 is 0 Å². The second-order valence-corrected chi connectivity index (χ2v) is 5.32. The molecule has 2 fully saturated rings. The van der Waals surface area contributed by atoms with Crippen molar-refractivity contribution in [1.29, 1.82) is 0 Å². The second-order valence-electron chi connectivity index (χ2n) is 5.32. The van der Waals surface area contributed by atoms with Crippen LogP contribution in [-0.2, 0) is 6.54 Å². The Morgan fingerprint density at radius 3 is 2.82 bits per heavy atom. The summed E-state index contributed by atoms with van der Waals surface area (Å²) >= 11 is 0. The number of rotatable bonds is 2. The highest BCUT2D eigenvalue weighted by molar-refractivity contribution is 5.15. The predicted octanol–water partition coefficient (Wildman–Crippen LogP) is 2.34. The average Bonchev–Trinajstić information content (AvgIpc) is 2.72. The Balaban J connectivity index is 1.70. The molecule has 2 bridgehead atoms. The maximum Gasteiger partial charge on any atom is 0.0381 e. The first-order chi connectivity index (χ1) is 8.31. The smallest absolute Gasteiger partial charge is 0.0381 e.